The maximum atomic E-state index is 13.0. The number of nitrogens with zero attached hydrogens (tertiary/aromatic N) is 2. The normalized spacial score (nSPS) is 21.9. The minimum Gasteiger partial charge on any atom is -0.296 e. The summed E-state index contributed by atoms with van der Waals surface area (Å²) < 4.78 is 13.0. The van der Waals surface area contributed by atoms with Crippen molar-refractivity contribution in [1.82, 2.24) is 9.88 Å². The highest BCUT2D eigenvalue weighted by molar-refractivity contribution is 5.16. The molecule has 1 aromatic rings. The van der Waals surface area contributed by atoms with E-state index >= 15 is 0 Å². The van der Waals surface area contributed by atoms with Gasteiger partial charge >= 0.3 is 0 Å². The number of halogens is 1. The van der Waals surface area contributed by atoms with Crippen LogP contribution in [0.25, 0.3) is 0 Å². The smallest absolute Gasteiger partial charge is 0.114 e. The van der Waals surface area contributed by atoms with Crippen molar-refractivity contribution in [3.05, 3.63) is 29.6 Å². The second-order valence-corrected chi connectivity index (χ2v) is 4.87. The van der Waals surface area contributed by atoms with Crippen LogP contribution in [-0.2, 0) is 6.54 Å². The average molecular weight is 222 g/mol. The van der Waals surface area contributed by atoms with Crippen molar-refractivity contribution in [2.45, 2.75) is 38.9 Å². The topological polar surface area (TPSA) is 16.1 Å². The molecule has 0 amide bonds. The molecule has 0 spiro atoms. The zero-order valence-electron chi connectivity index (χ0n) is 9.99. The van der Waals surface area contributed by atoms with Gasteiger partial charge in [0.15, 0.2) is 0 Å². The van der Waals surface area contributed by atoms with Crippen LogP contribution >= 0.6 is 0 Å². The van der Waals surface area contributed by atoms with Gasteiger partial charge in [-0.2, -0.15) is 0 Å². The highest BCUT2D eigenvalue weighted by atomic mass is 19.1. The van der Waals surface area contributed by atoms with E-state index in [1.807, 2.05) is 6.20 Å². The first kappa shape index (κ1) is 11.5. The Kier molecular flexibility index (Phi) is 3.54. The van der Waals surface area contributed by atoms with Crippen LogP contribution in [0.5, 0.6) is 0 Å². The van der Waals surface area contributed by atoms with Gasteiger partial charge in [0.2, 0.25) is 0 Å². The molecule has 1 aromatic heterocycles. The average Bonchev–Trinajstić information content (AvgIpc) is 2.65. The Hall–Kier alpha value is -0.960. The summed E-state index contributed by atoms with van der Waals surface area (Å²) in [4.78, 5) is 6.57. The fourth-order valence-electron chi connectivity index (χ4n) is 2.06. The number of likely N-dealkylation sites (tertiary alicyclic amines) is 1. The van der Waals surface area contributed by atoms with Crippen molar-refractivity contribution in [3.63, 3.8) is 0 Å². The molecule has 1 aliphatic rings. The third-order valence-corrected chi connectivity index (χ3v) is 3.06. The van der Waals surface area contributed by atoms with Gasteiger partial charge in [-0.25, -0.2) is 4.39 Å². The predicted molar refractivity (Wildman–Crippen MR) is 63.1 cm³/mol. The van der Waals surface area contributed by atoms with E-state index in [9.17, 15) is 4.39 Å². The van der Waals surface area contributed by atoms with E-state index in [1.165, 1.54) is 5.56 Å². The molecule has 1 fully saturated rings. The Balaban J connectivity index is 1.95. The second-order valence-electron chi connectivity index (χ2n) is 4.87. The molecule has 88 valence electrons. The molecule has 1 atom stereocenters. The molecule has 0 radical (unpaired) electrons. The summed E-state index contributed by atoms with van der Waals surface area (Å²) in [6.07, 6.45) is 1.96. The van der Waals surface area contributed by atoms with Crippen LogP contribution < -0.4 is 0 Å². The molecule has 1 saturated heterocycles. The molecular weight excluding hydrogens is 203 g/mol. The van der Waals surface area contributed by atoms with Crippen LogP contribution in [0.3, 0.4) is 0 Å². The zero-order chi connectivity index (χ0) is 11.5. The fraction of sp³-hybridized carbons (Fsp3) is 0.615. The highest BCUT2D eigenvalue weighted by Crippen LogP contribution is 2.16. The summed E-state index contributed by atoms with van der Waals surface area (Å²) in [5.74, 6) is 0.469. The first-order valence-electron chi connectivity index (χ1n) is 5.96. The molecule has 3 heteroatoms. The first-order valence-corrected chi connectivity index (χ1v) is 5.96. The fourth-order valence-corrected chi connectivity index (χ4v) is 2.06. The molecule has 2 rings (SSSR count). The van der Waals surface area contributed by atoms with E-state index in [0.29, 0.717) is 18.9 Å². The van der Waals surface area contributed by atoms with Crippen LogP contribution in [-0.4, -0.2) is 29.1 Å². The number of alkyl halides is 1. The number of hydrogen-bond donors (Lipinski definition) is 0. The lowest BCUT2D eigenvalue weighted by atomic mass is 10.1. The lowest BCUT2D eigenvalue weighted by Gasteiger charge is -2.14. The van der Waals surface area contributed by atoms with E-state index in [1.54, 1.807) is 0 Å². The molecule has 16 heavy (non-hydrogen) atoms. The van der Waals surface area contributed by atoms with E-state index in [-0.39, 0.29) is 0 Å². The van der Waals surface area contributed by atoms with Gasteiger partial charge in [-0.15, -0.1) is 0 Å². The Morgan fingerprint density at radius 1 is 1.50 bits per heavy atom. The van der Waals surface area contributed by atoms with E-state index < -0.39 is 6.17 Å². The number of pyridine rings is 1. The van der Waals surface area contributed by atoms with Crippen LogP contribution in [0.15, 0.2) is 18.3 Å². The standard InChI is InChI=1S/C13H19FN2/c1-10(2)13-4-3-11(7-15-13)8-16-6-5-12(14)9-16/h3-4,7,10,12H,5-6,8-9H2,1-2H3. The van der Waals surface area contributed by atoms with Crippen molar-refractivity contribution in [2.75, 3.05) is 13.1 Å². The van der Waals surface area contributed by atoms with E-state index in [0.717, 1.165) is 18.8 Å². The minimum absolute atomic E-state index is 0.469. The maximum absolute atomic E-state index is 13.0. The zero-order valence-corrected chi connectivity index (χ0v) is 9.99. The van der Waals surface area contributed by atoms with Gasteiger partial charge in [-0.1, -0.05) is 19.9 Å². The summed E-state index contributed by atoms with van der Waals surface area (Å²) in [6.45, 7) is 6.54. The monoisotopic (exact) mass is 222 g/mol. The Morgan fingerprint density at radius 3 is 2.81 bits per heavy atom. The van der Waals surface area contributed by atoms with Crippen LogP contribution in [0.4, 0.5) is 4.39 Å². The third kappa shape index (κ3) is 2.79. The first-order chi connectivity index (χ1) is 7.65. The number of rotatable bonds is 3. The van der Waals surface area contributed by atoms with Gasteiger partial charge < -0.3 is 0 Å². The molecule has 2 heterocycles. The highest BCUT2D eigenvalue weighted by Gasteiger charge is 2.21. The van der Waals surface area contributed by atoms with Gasteiger partial charge in [0, 0.05) is 31.5 Å². The Bertz CT molecular complexity index is 334. The summed E-state index contributed by atoms with van der Waals surface area (Å²) in [5.41, 5.74) is 2.30. The number of aromatic nitrogens is 1. The minimum atomic E-state index is -0.636. The lowest BCUT2D eigenvalue weighted by molar-refractivity contribution is 0.282. The summed E-state index contributed by atoms with van der Waals surface area (Å²) in [5, 5.41) is 0. The Morgan fingerprint density at radius 2 is 2.31 bits per heavy atom. The maximum Gasteiger partial charge on any atom is 0.114 e. The molecule has 0 N–H and O–H groups in total. The second kappa shape index (κ2) is 4.91. The summed E-state index contributed by atoms with van der Waals surface area (Å²) in [6, 6.07) is 4.18. The van der Waals surface area contributed by atoms with E-state index in [2.05, 4.69) is 35.9 Å². The molecule has 1 aliphatic heterocycles. The van der Waals surface area contributed by atoms with Crippen molar-refractivity contribution < 1.29 is 4.39 Å². The van der Waals surface area contributed by atoms with E-state index in [4.69, 9.17) is 0 Å². The van der Waals surface area contributed by atoms with Crippen molar-refractivity contribution >= 4 is 0 Å². The predicted octanol–water partition coefficient (Wildman–Crippen LogP) is 2.75. The van der Waals surface area contributed by atoms with Crippen molar-refractivity contribution in [1.29, 1.82) is 0 Å². The molecule has 0 bridgehead atoms. The van der Waals surface area contributed by atoms with Gasteiger partial charge in [0.25, 0.3) is 0 Å². The van der Waals surface area contributed by atoms with Gasteiger partial charge in [-0.3, -0.25) is 9.88 Å². The number of hydrogen-bond acceptors (Lipinski definition) is 2. The largest absolute Gasteiger partial charge is 0.296 e. The molecule has 0 saturated carbocycles. The van der Waals surface area contributed by atoms with Crippen molar-refractivity contribution in [2.24, 2.45) is 0 Å². The van der Waals surface area contributed by atoms with Crippen LogP contribution in [0.1, 0.15) is 37.4 Å². The van der Waals surface area contributed by atoms with Crippen LogP contribution in [0.2, 0.25) is 0 Å². The lowest BCUT2D eigenvalue weighted by Crippen LogP contribution is -2.20. The molecule has 2 nitrogen and oxygen atoms in total. The molecular formula is C13H19FN2. The van der Waals surface area contributed by atoms with Crippen LogP contribution in [0, 0.1) is 0 Å². The van der Waals surface area contributed by atoms with Gasteiger partial charge in [0.1, 0.15) is 6.17 Å². The third-order valence-electron chi connectivity index (χ3n) is 3.06. The summed E-state index contributed by atoms with van der Waals surface area (Å²) >= 11 is 0. The molecule has 1 unspecified atom stereocenters. The van der Waals surface area contributed by atoms with Gasteiger partial charge in [-0.05, 0) is 24.0 Å². The SMILES string of the molecule is CC(C)c1ccc(CN2CCC(F)C2)cn1. The summed E-state index contributed by atoms with van der Waals surface area (Å²) in [7, 11) is 0. The molecule has 0 aliphatic carbocycles. The molecule has 0 aromatic carbocycles. The van der Waals surface area contributed by atoms with Gasteiger partial charge in [0.05, 0.1) is 0 Å². The van der Waals surface area contributed by atoms with Crippen molar-refractivity contribution in [3.8, 4) is 0 Å². The Labute approximate surface area is 96.5 Å². The quantitative estimate of drug-likeness (QED) is 0.781.